The van der Waals surface area contributed by atoms with Crippen molar-refractivity contribution in [3.8, 4) is 0 Å². The van der Waals surface area contributed by atoms with Gasteiger partial charge in [0.2, 0.25) is 0 Å². The fraction of sp³-hybridized carbons (Fsp3) is 0.333. The number of aryl methyl sites for hydroxylation is 1. The van der Waals surface area contributed by atoms with Crippen LogP contribution >= 0.6 is 11.3 Å². The van der Waals surface area contributed by atoms with Crippen LogP contribution in [0.3, 0.4) is 0 Å². The van der Waals surface area contributed by atoms with Gasteiger partial charge in [-0.25, -0.2) is 4.98 Å². The van der Waals surface area contributed by atoms with E-state index in [9.17, 15) is 9.59 Å². The van der Waals surface area contributed by atoms with Crippen LogP contribution in [0.15, 0.2) is 29.9 Å². The fourth-order valence-corrected chi connectivity index (χ4v) is 3.00. The molecule has 3 rings (SSSR count). The minimum absolute atomic E-state index is 0.0148. The van der Waals surface area contributed by atoms with Crippen LogP contribution in [0.1, 0.15) is 25.9 Å². The number of hydrogen-bond donors (Lipinski definition) is 0. The van der Waals surface area contributed by atoms with Crippen molar-refractivity contribution in [3.05, 3.63) is 46.2 Å². The molecule has 1 aliphatic heterocycles. The van der Waals surface area contributed by atoms with Crippen molar-refractivity contribution in [2.24, 2.45) is 0 Å². The highest BCUT2D eigenvalue weighted by Crippen LogP contribution is 2.13. The molecule has 1 saturated heterocycles. The standard InChI is InChI=1S/C15H16N4O2S/c1-11-17-13(10-22-11)15(21)19-8-6-18(7-9-19)14(20)12-2-4-16-5-3-12/h2-5,10H,6-9H2,1H3. The minimum Gasteiger partial charge on any atom is -0.335 e. The molecule has 7 heteroatoms. The van der Waals surface area contributed by atoms with Crippen LogP contribution in [0.5, 0.6) is 0 Å². The molecule has 0 aliphatic carbocycles. The van der Waals surface area contributed by atoms with E-state index in [0.717, 1.165) is 5.01 Å². The second-order valence-corrected chi connectivity index (χ2v) is 6.13. The normalized spacial score (nSPS) is 15.0. The number of rotatable bonds is 2. The minimum atomic E-state index is -0.0552. The highest BCUT2D eigenvalue weighted by molar-refractivity contribution is 7.09. The molecular weight excluding hydrogens is 300 g/mol. The summed E-state index contributed by atoms with van der Waals surface area (Å²) in [7, 11) is 0. The summed E-state index contributed by atoms with van der Waals surface area (Å²) in [5, 5.41) is 2.67. The summed E-state index contributed by atoms with van der Waals surface area (Å²) < 4.78 is 0. The summed E-state index contributed by atoms with van der Waals surface area (Å²) in [6.07, 6.45) is 3.22. The van der Waals surface area contributed by atoms with Crippen molar-refractivity contribution in [3.63, 3.8) is 0 Å². The summed E-state index contributed by atoms with van der Waals surface area (Å²) in [6.45, 7) is 4.03. The maximum atomic E-state index is 12.3. The summed E-state index contributed by atoms with van der Waals surface area (Å²) in [6, 6.07) is 3.41. The summed E-state index contributed by atoms with van der Waals surface area (Å²) >= 11 is 1.47. The maximum Gasteiger partial charge on any atom is 0.273 e. The van der Waals surface area contributed by atoms with Gasteiger partial charge in [-0.05, 0) is 19.1 Å². The van der Waals surface area contributed by atoms with Crippen molar-refractivity contribution in [1.29, 1.82) is 0 Å². The van der Waals surface area contributed by atoms with Gasteiger partial charge in [0.05, 0.1) is 5.01 Å². The SMILES string of the molecule is Cc1nc(C(=O)N2CCN(C(=O)c3ccncc3)CC2)cs1. The Balaban J connectivity index is 1.61. The molecule has 0 spiro atoms. The molecule has 1 fully saturated rings. The molecule has 114 valence electrons. The van der Waals surface area contributed by atoms with Crippen molar-refractivity contribution >= 4 is 23.2 Å². The van der Waals surface area contributed by atoms with Crippen molar-refractivity contribution in [2.75, 3.05) is 26.2 Å². The number of aromatic nitrogens is 2. The lowest BCUT2D eigenvalue weighted by Crippen LogP contribution is -2.50. The molecule has 2 amide bonds. The first kappa shape index (κ1) is 14.6. The first-order valence-corrected chi connectivity index (χ1v) is 7.94. The number of carbonyl (C=O) groups excluding carboxylic acids is 2. The number of thiazole rings is 1. The first-order chi connectivity index (χ1) is 10.6. The molecular formula is C15H16N4O2S. The van der Waals surface area contributed by atoms with Crippen molar-refractivity contribution in [2.45, 2.75) is 6.92 Å². The zero-order valence-electron chi connectivity index (χ0n) is 12.2. The smallest absolute Gasteiger partial charge is 0.273 e. The molecule has 2 aromatic rings. The largest absolute Gasteiger partial charge is 0.335 e. The van der Waals surface area contributed by atoms with E-state index in [1.807, 2.05) is 6.92 Å². The molecule has 3 heterocycles. The van der Waals surface area contributed by atoms with E-state index < -0.39 is 0 Å². The summed E-state index contributed by atoms with van der Waals surface area (Å²) in [4.78, 5) is 36.3. The number of hydrogen-bond acceptors (Lipinski definition) is 5. The first-order valence-electron chi connectivity index (χ1n) is 7.06. The average Bonchev–Trinajstić information content (AvgIpc) is 3.01. The Morgan fingerprint density at radius 3 is 2.18 bits per heavy atom. The Bertz CT molecular complexity index is 678. The van der Waals surface area contributed by atoms with Gasteiger partial charge in [0.25, 0.3) is 11.8 Å². The van der Waals surface area contributed by atoms with E-state index in [-0.39, 0.29) is 11.8 Å². The van der Waals surface area contributed by atoms with Crippen LogP contribution in [0, 0.1) is 6.92 Å². The van der Waals surface area contributed by atoms with Gasteiger partial charge in [0, 0.05) is 49.5 Å². The van der Waals surface area contributed by atoms with Crippen LogP contribution < -0.4 is 0 Å². The molecule has 0 aromatic carbocycles. The number of nitrogens with zero attached hydrogens (tertiary/aromatic N) is 4. The fourth-order valence-electron chi connectivity index (χ4n) is 2.41. The maximum absolute atomic E-state index is 12.3. The molecule has 0 bridgehead atoms. The Labute approximate surface area is 132 Å². The highest BCUT2D eigenvalue weighted by Gasteiger charge is 2.26. The zero-order chi connectivity index (χ0) is 15.5. The van der Waals surface area contributed by atoms with Gasteiger partial charge in [-0.2, -0.15) is 0 Å². The molecule has 0 saturated carbocycles. The third-order valence-corrected chi connectivity index (χ3v) is 4.39. The van der Waals surface area contributed by atoms with Gasteiger partial charge < -0.3 is 9.80 Å². The van der Waals surface area contributed by atoms with Gasteiger partial charge in [-0.15, -0.1) is 11.3 Å². The monoisotopic (exact) mass is 316 g/mol. The Hall–Kier alpha value is -2.28. The highest BCUT2D eigenvalue weighted by atomic mass is 32.1. The van der Waals surface area contributed by atoms with E-state index in [2.05, 4.69) is 9.97 Å². The van der Waals surface area contributed by atoms with Crippen LogP contribution in [0.2, 0.25) is 0 Å². The predicted molar refractivity (Wildman–Crippen MR) is 82.9 cm³/mol. The van der Waals surface area contributed by atoms with E-state index in [0.29, 0.717) is 37.4 Å². The van der Waals surface area contributed by atoms with Gasteiger partial charge >= 0.3 is 0 Å². The number of amides is 2. The van der Waals surface area contributed by atoms with Crippen molar-refractivity contribution in [1.82, 2.24) is 19.8 Å². The average molecular weight is 316 g/mol. The van der Waals surface area contributed by atoms with Crippen LogP contribution in [-0.4, -0.2) is 57.8 Å². The Kier molecular flexibility index (Phi) is 4.15. The summed E-state index contributed by atoms with van der Waals surface area (Å²) in [5.74, 6) is -0.0700. The van der Waals surface area contributed by atoms with Crippen LogP contribution in [0.4, 0.5) is 0 Å². The lowest BCUT2D eigenvalue weighted by Gasteiger charge is -2.34. The van der Waals surface area contributed by atoms with Crippen molar-refractivity contribution < 1.29 is 9.59 Å². The molecule has 1 aliphatic rings. The molecule has 2 aromatic heterocycles. The molecule has 0 radical (unpaired) electrons. The molecule has 6 nitrogen and oxygen atoms in total. The van der Waals surface area contributed by atoms with Gasteiger partial charge in [-0.1, -0.05) is 0 Å². The molecule has 0 atom stereocenters. The molecule has 22 heavy (non-hydrogen) atoms. The lowest BCUT2D eigenvalue weighted by molar-refractivity contribution is 0.0532. The van der Waals surface area contributed by atoms with E-state index in [1.54, 1.807) is 39.7 Å². The van der Waals surface area contributed by atoms with E-state index >= 15 is 0 Å². The quantitative estimate of drug-likeness (QED) is 0.841. The van der Waals surface area contributed by atoms with Crippen LogP contribution in [0.25, 0.3) is 0 Å². The zero-order valence-corrected chi connectivity index (χ0v) is 13.0. The lowest BCUT2D eigenvalue weighted by atomic mass is 10.2. The second-order valence-electron chi connectivity index (χ2n) is 5.07. The Morgan fingerprint density at radius 1 is 1.05 bits per heavy atom. The molecule has 0 N–H and O–H groups in total. The summed E-state index contributed by atoms with van der Waals surface area (Å²) in [5.41, 5.74) is 1.13. The Morgan fingerprint density at radius 2 is 1.64 bits per heavy atom. The number of carbonyl (C=O) groups is 2. The molecule has 0 unspecified atom stereocenters. The topological polar surface area (TPSA) is 66.4 Å². The second kappa shape index (κ2) is 6.23. The van der Waals surface area contributed by atoms with Gasteiger partial charge in [0.1, 0.15) is 5.69 Å². The van der Waals surface area contributed by atoms with E-state index in [1.165, 1.54) is 11.3 Å². The van der Waals surface area contributed by atoms with Gasteiger partial charge in [-0.3, -0.25) is 14.6 Å². The van der Waals surface area contributed by atoms with Gasteiger partial charge in [0.15, 0.2) is 0 Å². The van der Waals surface area contributed by atoms with Crippen LogP contribution in [-0.2, 0) is 0 Å². The third kappa shape index (κ3) is 2.99. The number of pyridine rings is 1. The number of piperazine rings is 1. The van der Waals surface area contributed by atoms with E-state index in [4.69, 9.17) is 0 Å². The predicted octanol–water partition coefficient (Wildman–Crippen LogP) is 1.44. The third-order valence-electron chi connectivity index (χ3n) is 3.62.